The molecule has 1 aromatic rings. The van der Waals surface area contributed by atoms with Crippen LogP contribution in [0.1, 0.15) is 30.2 Å². The number of methoxy groups -OCH3 is 1. The molecule has 4 heteroatoms. The van der Waals surface area contributed by atoms with Crippen molar-refractivity contribution in [3.8, 4) is 0 Å². The van der Waals surface area contributed by atoms with Crippen molar-refractivity contribution in [1.29, 1.82) is 0 Å². The number of pyridine rings is 1. The molecule has 1 aromatic heterocycles. The average Bonchev–Trinajstić information content (AvgIpc) is 2.33. The second-order valence-electron chi connectivity index (χ2n) is 4.57. The first-order valence-electron chi connectivity index (χ1n) is 6.51. The molecular weight excluding hydrogens is 228 g/mol. The van der Waals surface area contributed by atoms with Gasteiger partial charge in [0, 0.05) is 31.5 Å². The van der Waals surface area contributed by atoms with Crippen LogP contribution in [0.5, 0.6) is 0 Å². The summed E-state index contributed by atoms with van der Waals surface area (Å²) in [4.78, 5) is 12.4. The highest BCUT2D eigenvalue weighted by Crippen LogP contribution is 2.06. The zero-order valence-electron chi connectivity index (χ0n) is 11.9. The number of hydrogen-bond donors (Lipinski definition) is 1. The minimum atomic E-state index is 0.105. The van der Waals surface area contributed by atoms with Crippen molar-refractivity contribution in [3.05, 3.63) is 33.2 Å². The number of rotatable bonds is 7. The molecule has 0 saturated heterocycles. The first-order valence-corrected chi connectivity index (χ1v) is 6.51. The van der Waals surface area contributed by atoms with Gasteiger partial charge in [0.25, 0.3) is 5.56 Å². The molecule has 0 radical (unpaired) electrons. The summed E-state index contributed by atoms with van der Waals surface area (Å²) >= 11 is 0. The number of aryl methyl sites for hydroxylation is 2. The van der Waals surface area contributed by atoms with Crippen LogP contribution in [0.15, 0.2) is 10.9 Å². The van der Waals surface area contributed by atoms with Gasteiger partial charge in [0.2, 0.25) is 0 Å². The standard InChI is InChI=1S/C14H24N2O2/c1-5-6-15-10-13-11(2)9-12(3)16(14(13)17)7-8-18-4/h9,15H,5-8,10H2,1-4H3. The molecular formula is C14H24N2O2. The quantitative estimate of drug-likeness (QED) is 0.750. The first-order chi connectivity index (χ1) is 8.61. The Bertz CT molecular complexity index is 438. The Morgan fingerprint density at radius 2 is 2.11 bits per heavy atom. The molecule has 0 unspecified atom stereocenters. The zero-order chi connectivity index (χ0) is 13.5. The van der Waals surface area contributed by atoms with Gasteiger partial charge in [-0.1, -0.05) is 6.92 Å². The molecule has 0 fully saturated rings. The lowest BCUT2D eigenvalue weighted by molar-refractivity contribution is 0.185. The molecule has 0 aliphatic rings. The lowest BCUT2D eigenvalue weighted by atomic mass is 10.1. The van der Waals surface area contributed by atoms with Crippen LogP contribution < -0.4 is 10.9 Å². The predicted molar refractivity (Wildman–Crippen MR) is 74.0 cm³/mol. The predicted octanol–water partition coefficient (Wildman–Crippen LogP) is 1.61. The van der Waals surface area contributed by atoms with Crippen LogP contribution in [-0.2, 0) is 17.8 Å². The first kappa shape index (κ1) is 14.9. The fraction of sp³-hybridized carbons (Fsp3) is 0.643. The summed E-state index contributed by atoms with van der Waals surface area (Å²) in [5.74, 6) is 0. The Hall–Kier alpha value is -1.13. The van der Waals surface area contributed by atoms with Gasteiger partial charge in [-0.15, -0.1) is 0 Å². The summed E-state index contributed by atoms with van der Waals surface area (Å²) in [7, 11) is 1.65. The normalized spacial score (nSPS) is 10.9. The number of aromatic nitrogens is 1. The van der Waals surface area contributed by atoms with Crippen LogP contribution >= 0.6 is 0 Å². The van der Waals surface area contributed by atoms with E-state index in [9.17, 15) is 4.79 Å². The summed E-state index contributed by atoms with van der Waals surface area (Å²) in [5.41, 5.74) is 3.03. The second-order valence-corrected chi connectivity index (χ2v) is 4.57. The minimum absolute atomic E-state index is 0.105. The van der Waals surface area contributed by atoms with Gasteiger partial charge in [0.15, 0.2) is 0 Å². The SMILES string of the molecule is CCCNCc1c(C)cc(C)n(CCOC)c1=O. The van der Waals surface area contributed by atoms with Crippen LogP contribution in [0.2, 0.25) is 0 Å². The van der Waals surface area contributed by atoms with E-state index in [0.29, 0.717) is 19.7 Å². The smallest absolute Gasteiger partial charge is 0.255 e. The fourth-order valence-corrected chi connectivity index (χ4v) is 2.04. The highest BCUT2D eigenvalue weighted by Gasteiger charge is 2.09. The topological polar surface area (TPSA) is 43.3 Å². The molecule has 1 heterocycles. The van der Waals surface area contributed by atoms with Crippen LogP contribution in [0, 0.1) is 13.8 Å². The Labute approximate surface area is 109 Å². The number of hydrogen-bond acceptors (Lipinski definition) is 3. The Morgan fingerprint density at radius 3 is 2.72 bits per heavy atom. The van der Waals surface area contributed by atoms with Crippen LogP contribution in [0.4, 0.5) is 0 Å². The van der Waals surface area contributed by atoms with E-state index < -0.39 is 0 Å². The van der Waals surface area contributed by atoms with Crippen LogP contribution in [-0.4, -0.2) is 24.8 Å². The van der Waals surface area contributed by atoms with Crippen molar-refractivity contribution < 1.29 is 4.74 Å². The summed E-state index contributed by atoms with van der Waals surface area (Å²) < 4.78 is 6.84. The van der Waals surface area contributed by atoms with Gasteiger partial charge >= 0.3 is 0 Å². The van der Waals surface area contributed by atoms with Crippen molar-refractivity contribution in [2.45, 2.75) is 40.3 Å². The van der Waals surface area contributed by atoms with E-state index in [2.05, 4.69) is 18.3 Å². The average molecular weight is 252 g/mol. The molecule has 0 saturated carbocycles. The molecule has 102 valence electrons. The Kier molecular flexibility index (Phi) is 6.09. The Morgan fingerprint density at radius 1 is 1.39 bits per heavy atom. The molecule has 0 aromatic carbocycles. The summed E-state index contributed by atoms with van der Waals surface area (Å²) in [6.45, 7) is 8.83. The molecule has 0 atom stereocenters. The monoisotopic (exact) mass is 252 g/mol. The van der Waals surface area contributed by atoms with E-state index in [1.165, 1.54) is 0 Å². The molecule has 1 N–H and O–H groups in total. The van der Waals surface area contributed by atoms with E-state index in [0.717, 1.165) is 29.8 Å². The third kappa shape index (κ3) is 3.68. The van der Waals surface area contributed by atoms with Crippen LogP contribution in [0.25, 0.3) is 0 Å². The van der Waals surface area contributed by atoms with Gasteiger partial charge in [-0.25, -0.2) is 0 Å². The minimum Gasteiger partial charge on any atom is -0.383 e. The maximum absolute atomic E-state index is 12.4. The van der Waals surface area contributed by atoms with Gasteiger partial charge in [0.05, 0.1) is 6.61 Å². The Balaban J connectivity index is 2.98. The molecule has 0 aliphatic carbocycles. The van der Waals surface area contributed by atoms with Crippen molar-refractivity contribution in [1.82, 2.24) is 9.88 Å². The number of nitrogens with one attached hydrogen (secondary N) is 1. The third-order valence-electron chi connectivity index (χ3n) is 3.08. The van der Waals surface area contributed by atoms with E-state index >= 15 is 0 Å². The number of nitrogens with zero attached hydrogens (tertiary/aromatic N) is 1. The highest BCUT2D eigenvalue weighted by molar-refractivity contribution is 5.26. The van der Waals surface area contributed by atoms with E-state index in [1.807, 2.05) is 13.8 Å². The zero-order valence-corrected chi connectivity index (χ0v) is 11.9. The maximum Gasteiger partial charge on any atom is 0.255 e. The van der Waals surface area contributed by atoms with E-state index in [4.69, 9.17) is 4.74 Å². The fourth-order valence-electron chi connectivity index (χ4n) is 2.04. The van der Waals surface area contributed by atoms with Crippen molar-refractivity contribution >= 4 is 0 Å². The van der Waals surface area contributed by atoms with Gasteiger partial charge in [-0.3, -0.25) is 4.79 Å². The van der Waals surface area contributed by atoms with Gasteiger partial charge in [-0.05, 0) is 38.4 Å². The molecule has 0 aliphatic heterocycles. The van der Waals surface area contributed by atoms with Gasteiger partial charge in [0.1, 0.15) is 0 Å². The molecule has 0 spiro atoms. The largest absolute Gasteiger partial charge is 0.383 e. The van der Waals surface area contributed by atoms with Crippen molar-refractivity contribution in [2.75, 3.05) is 20.3 Å². The number of ether oxygens (including phenoxy) is 1. The summed E-state index contributed by atoms with van der Waals surface area (Å²) in [5, 5.41) is 3.29. The lowest BCUT2D eigenvalue weighted by Gasteiger charge is -2.14. The maximum atomic E-state index is 12.4. The molecule has 4 nitrogen and oxygen atoms in total. The van der Waals surface area contributed by atoms with Gasteiger partial charge < -0.3 is 14.6 Å². The molecule has 0 amide bonds. The van der Waals surface area contributed by atoms with Crippen molar-refractivity contribution in [3.63, 3.8) is 0 Å². The van der Waals surface area contributed by atoms with Crippen LogP contribution in [0.3, 0.4) is 0 Å². The second kappa shape index (κ2) is 7.34. The summed E-state index contributed by atoms with van der Waals surface area (Å²) in [6, 6.07) is 2.07. The summed E-state index contributed by atoms with van der Waals surface area (Å²) in [6.07, 6.45) is 1.07. The molecule has 1 rings (SSSR count). The molecule has 0 bridgehead atoms. The lowest BCUT2D eigenvalue weighted by Crippen LogP contribution is -2.31. The van der Waals surface area contributed by atoms with E-state index in [-0.39, 0.29) is 5.56 Å². The van der Waals surface area contributed by atoms with E-state index in [1.54, 1.807) is 11.7 Å². The highest BCUT2D eigenvalue weighted by atomic mass is 16.5. The van der Waals surface area contributed by atoms with Gasteiger partial charge in [-0.2, -0.15) is 0 Å². The third-order valence-corrected chi connectivity index (χ3v) is 3.08. The molecule has 18 heavy (non-hydrogen) atoms. The van der Waals surface area contributed by atoms with Crippen molar-refractivity contribution in [2.24, 2.45) is 0 Å².